The maximum Gasteiger partial charge on any atom is 0.237 e. The number of anilines is 1. The van der Waals surface area contributed by atoms with Crippen LogP contribution in [0.5, 0.6) is 0 Å². The summed E-state index contributed by atoms with van der Waals surface area (Å²) < 4.78 is 0. The van der Waals surface area contributed by atoms with Gasteiger partial charge in [0.25, 0.3) is 0 Å². The first-order valence-corrected chi connectivity index (χ1v) is 7.20. The van der Waals surface area contributed by atoms with E-state index in [2.05, 4.69) is 5.32 Å². The van der Waals surface area contributed by atoms with Crippen molar-refractivity contribution in [3.63, 3.8) is 0 Å². The number of hydrogen-bond acceptors (Lipinski definition) is 2. The third-order valence-corrected chi connectivity index (χ3v) is 4.36. The molecule has 1 aromatic carbocycles. The fourth-order valence-electron chi connectivity index (χ4n) is 2.52. The van der Waals surface area contributed by atoms with Crippen LogP contribution in [0.15, 0.2) is 24.3 Å². The number of rotatable bonds is 3. The van der Waals surface area contributed by atoms with Gasteiger partial charge >= 0.3 is 0 Å². The molecule has 3 nitrogen and oxygen atoms in total. The van der Waals surface area contributed by atoms with Crippen molar-refractivity contribution in [2.75, 3.05) is 5.32 Å². The van der Waals surface area contributed by atoms with Crippen LogP contribution in [0.4, 0.5) is 5.69 Å². The molecule has 0 aliphatic heterocycles. The van der Waals surface area contributed by atoms with Crippen LogP contribution in [0.1, 0.15) is 32.1 Å². The summed E-state index contributed by atoms with van der Waals surface area (Å²) in [6.45, 7) is 0. The maximum atomic E-state index is 12.5. The van der Waals surface area contributed by atoms with Gasteiger partial charge in [-0.1, -0.05) is 43.1 Å². The van der Waals surface area contributed by atoms with Gasteiger partial charge in [0, 0.05) is 10.7 Å². The predicted octanol–water partition coefficient (Wildman–Crippen LogP) is 3.52. The molecule has 102 valence electrons. The second-order valence-corrected chi connectivity index (χ2v) is 5.84. The van der Waals surface area contributed by atoms with E-state index in [9.17, 15) is 4.79 Å². The third kappa shape index (κ3) is 3.07. The summed E-state index contributed by atoms with van der Waals surface area (Å²) in [5, 5.41) is 3.53. The van der Waals surface area contributed by atoms with Crippen molar-refractivity contribution in [3.05, 3.63) is 29.3 Å². The van der Waals surface area contributed by atoms with Crippen molar-refractivity contribution >= 4 is 40.4 Å². The number of carbonyl (C=O) groups excluding carboxylic acids is 1. The highest BCUT2D eigenvalue weighted by Crippen LogP contribution is 2.37. The molecule has 2 rings (SSSR count). The van der Waals surface area contributed by atoms with E-state index in [1.165, 1.54) is 0 Å². The van der Waals surface area contributed by atoms with Crippen molar-refractivity contribution in [2.24, 2.45) is 11.1 Å². The minimum absolute atomic E-state index is 0.0953. The first-order chi connectivity index (χ1) is 9.04. The molecule has 3 N–H and O–H groups in total. The molecule has 1 amide bonds. The largest absolute Gasteiger partial charge is 0.392 e. The quantitative estimate of drug-likeness (QED) is 0.839. The van der Waals surface area contributed by atoms with Gasteiger partial charge in [-0.25, -0.2) is 0 Å². The number of thiocarbonyl (C=S) groups is 1. The molecule has 1 aromatic rings. The number of nitrogens with one attached hydrogen (secondary N) is 1. The molecule has 1 aliphatic carbocycles. The Kier molecular flexibility index (Phi) is 4.42. The molecule has 0 aromatic heterocycles. The van der Waals surface area contributed by atoms with Gasteiger partial charge in [-0.05, 0) is 37.1 Å². The minimum atomic E-state index is -0.687. The molecule has 1 aliphatic rings. The molecule has 19 heavy (non-hydrogen) atoms. The average Bonchev–Trinajstić information content (AvgIpc) is 2.42. The van der Waals surface area contributed by atoms with Crippen LogP contribution in [-0.2, 0) is 4.79 Å². The standard InChI is InChI=1S/C14H17ClN2OS/c15-10-4-6-11(7-5-10)17-13(18)14(12(16)19)8-2-1-3-9-14/h4-7H,1-3,8-9H2,(H2,16,19)(H,17,18). The van der Waals surface area contributed by atoms with Gasteiger partial charge in [0.2, 0.25) is 5.91 Å². The van der Waals surface area contributed by atoms with E-state index in [0.29, 0.717) is 10.0 Å². The summed E-state index contributed by atoms with van der Waals surface area (Å²) in [7, 11) is 0. The summed E-state index contributed by atoms with van der Waals surface area (Å²) in [5.74, 6) is -0.0953. The average molecular weight is 297 g/mol. The van der Waals surface area contributed by atoms with Crippen LogP contribution in [0.2, 0.25) is 5.02 Å². The van der Waals surface area contributed by atoms with Gasteiger partial charge < -0.3 is 11.1 Å². The van der Waals surface area contributed by atoms with Crippen LogP contribution in [0.25, 0.3) is 0 Å². The molecule has 0 radical (unpaired) electrons. The Labute approximate surface area is 123 Å². The fraction of sp³-hybridized carbons (Fsp3) is 0.429. The number of halogens is 1. The molecular weight excluding hydrogens is 280 g/mol. The first kappa shape index (κ1) is 14.3. The summed E-state index contributed by atoms with van der Waals surface area (Å²) in [5.41, 5.74) is 5.86. The number of nitrogens with two attached hydrogens (primary N) is 1. The van der Waals surface area contributed by atoms with E-state index in [-0.39, 0.29) is 5.91 Å². The van der Waals surface area contributed by atoms with Crippen LogP contribution in [0.3, 0.4) is 0 Å². The fourth-order valence-corrected chi connectivity index (χ4v) is 2.95. The van der Waals surface area contributed by atoms with Crippen LogP contribution >= 0.6 is 23.8 Å². The number of benzene rings is 1. The summed E-state index contributed by atoms with van der Waals surface area (Å²) >= 11 is 11.0. The Hall–Kier alpha value is -1.13. The normalized spacial score (nSPS) is 17.7. The van der Waals surface area contributed by atoms with Gasteiger partial charge in [-0.3, -0.25) is 4.79 Å². The van der Waals surface area contributed by atoms with E-state index in [0.717, 1.165) is 37.8 Å². The summed E-state index contributed by atoms with van der Waals surface area (Å²) in [6, 6.07) is 7.03. The lowest BCUT2D eigenvalue weighted by Gasteiger charge is -2.34. The molecule has 0 bridgehead atoms. The van der Waals surface area contributed by atoms with Crippen molar-refractivity contribution in [1.29, 1.82) is 0 Å². The molecule has 0 unspecified atom stereocenters. The molecule has 5 heteroatoms. The van der Waals surface area contributed by atoms with Gasteiger partial charge in [0.1, 0.15) is 0 Å². The van der Waals surface area contributed by atoms with Crippen molar-refractivity contribution < 1.29 is 4.79 Å². The lowest BCUT2D eigenvalue weighted by molar-refractivity contribution is -0.123. The zero-order valence-electron chi connectivity index (χ0n) is 10.6. The van der Waals surface area contributed by atoms with Gasteiger partial charge in [0.15, 0.2) is 0 Å². The SMILES string of the molecule is NC(=S)C1(C(=O)Nc2ccc(Cl)cc2)CCCCC1. The minimum Gasteiger partial charge on any atom is -0.392 e. The molecule has 1 saturated carbocycles. The summed E-state index contributed by atoms with van der Waals surface area (Å²) in [6.07, 6.45) is 4.60. The Morgan fingerprint density at radius 3 is 2.32 bits per heavy atom. The highest BCUT2D eigenvalue weighted by Gasteiger charge is 2.42. The number of carbonyl (C=O) groups is 1. The Morgan fingerprint density at radius 1 is 1.21 bits per heavy atom. The van der Waals surface area contributed by atoms with E-state index < -0.39 is 5.41 Å². The Morgan fingerprint density at radius 2 is 1.79 bits per heavy atom. The van der Waals surface area contributed by atoms with E-state index in [1.807, 2.05) is 0 Å². The Bertz CT molecular complexity index is 481. The van der Waals surface area contributed by atoms with Gasteiger partial charge in [-0.2, -0.15) is 0 Å². The van der Waals surface area contributed by atoms with Gasteiger partial charge in [-0.15, -0.1) is 0 Å². The lowest BCUT2D eigenvalue weighted by atomic mass is 9.73. The van der Waals surface area contributed by atoms with Gasteiger partial charge in [0.05, 0.1) is 10.4 Å². The first-order valence-electron chi connectivity index (χ1n) is 6.41. The maximum absolute atomic E-state index is 12.5. The summed E-state index contributed by atoms with van der Waals surface area (Å²) in [4.78, 5) is 12.8. The van der Waals surface area contributed by atoms with E-state index in [1.54, 1.807) is 24.3 Å². The Balaban J connectivity index is 2.16. The van der Waals surface area contributed by atoms with E-state index >= 15 is 0 Å². The second kappa shape index (κ2) is 5.88. The molecule has 1 fully saturated rings. The second-order valence-electron chi connectivity index (χ2n) is 4.97. The third-order valence-electron chi connectivity index (χ3n) is 3.72. The highest BCUT2D eigenvalue weighted by molar-refractivity contribution is 7.80. The topological polar surface area (TPSA) is 55.1 Å². The predicted molar refractivity (Wildman–Crippen MR) is 82.4 cm³/mol. The van der Waals surface area contributed by atoms with Crippen molar-refractivity contribution in [1.82, 2.24) is 0 Å². The van der Waals surface area contributed by atoms with Crippen molar-refractivity contribution in [3.8, 4) is 0 Å². The smallest absolute Gasteiger partial charge is 0.237 e. The lowest BCUT2D eigenvalue weighted by Crippen LogP contribution is -2.47. The van der Waals surface area contributed by atoms with E-state index in [4.69, 9.17) is 29.6 Å². The molecular formula is C14H17ClN2OS. The monoisotopic (exact) mass is 296 g/mol. The highest BCUT2D eigenvalue weighted by atomic mass is 35.5. The van der Waals surface area contributed by atoms with Crippen LogP contribution < -0.4 is 11.1 Å². The number of hydrogen-bond donors (Lipinski definition) is 2. The van der Waals surface area contributed by atoms with Crippen molar-refractivity contribution in [2.45, 2.75) is 32.1 Å². The zero-order valence-corrected chi connectivity index (χ0v) is 12.2. The number of amides is 1. The molecule has 0 atom stereocenters. The zero-order chi connectivity index (χ0) is 13.9. The van der Waals surface area contributed by atoms with Crippen LogP contribution in [0, 0.1) is 5.41 Å². The molecule has 0 saturated heterocycles. The van der Waals surface area contributed by atoms with Crippen LogP contribution in [-0.4, -0.2) is 10.9 Å². The molecule has 0 spiro atoms. The molecule has 0 heterocycles.